The third-order valence-electron chi connectivity index (χ3n) is 4.87. The molecule has 1 saturated heterocycles. The molecule has 1 aliphatic rings. The highest BCUT2D eigenvalue weighted by molar-refractivity contribution is 5.97. The molecule has 2 aromatic rings. The highest BCUT2D eigenvalue weighted by Gasteiger charge is 2.21. The van der Waals surface area contributed by atoms with E-state index < -0.39 is 6.23 Å². The lowest BCUT2D eigenvalue weighted by atomic mass is 10.2. The average molecular weight is 332 g/mol. The van der Waals surface area contributed by atoms with Crippen molar-refractivity contribution in [2.75, 3.05) is 33.2 Å². The van der Waals surface area contributed by atoms with Crippen molar-refractivity contribution in [2.24, 2.45) is 7.05 Å². The summed E-state index contributed by atoms with van der Waals surface area (Å²) < 4.78 is 1.92. The van der Waals surface area contributed by atoms with Crippen LogP contribution < -0.4 is 0 Å². The second-order valence-corrected chi connectivity index (χ2v) is 6.43. The monoisotopic (exact) mass is 332 g/mol. The molecule has 130 valence electrons. The Hall–Kier alpha value is -1.96. The van der Waals surface area contributed by atoms with Crippen LogP contribution in [0.1, 0.15) is 22.6 Å². The Balaban J connectivity index is 1.73. The maximum absolute atomic E-state index is 11.2. The number of likely N-dealkylation sites (N-methyl/N-ethyl adjacent to an activating group) is 1. The van der Waals surface area contributed by atoms with E-state index in [1.165, 1.54) is 6.07 Å². The van der Waals surface area contributed by atoms with Crippen LogP contribution in [0.5, 0.6) is 5.75 Å². The van der Waals surface area contributed by atoms with Crippen LogP contribution in [0, 0.1) is 0 Å². The van der Waals surface area contributed by atoms with Crippen molar-refractivity contribution < 1.29 is 15.0 Å². The number of carbonyl (C=O) groups is 1. The Bertz CT molecular complexity index is 735. The Kier molecular flexibility index (Phi) is 4.84. The highest BCUT2D eigenvalue weighted by Crippen LogP contribution is 2.26. The number of aromatic nitrogens is 2. The molecule has 1 aliphatic heterocycles. The van der Waals surface area contributed by atoms with Crippen molar-refractivity contribution in [2.45, 2.75) is 19.1 Å². The summed E-state index contributed by atoms with van der Waals surface area (Å²) >= 11 is 0. The molecule has 2 N–H and O–H groups in total. The number of hydrogen-bond donors (Lipinski definition) is 2. The number of phenols is 1. The number of carbonyl (C=O) groups excluding carboxylic acids is 1. The van der Waals surface area contributed by atoms with E-state index >= 15 is 0 Å². The molecule has 1 atom stereocenters. The molecule has 0 aliphatic carbocycles. The van der Waals surface area contributed by atoms with Gasteiger partial charge in [0, 0.05) is 39.6 Å². The molecular formula is C17H24N4O3. The number of fused-ring (bicyclic) bond motifs is 1. The number of aldehydes is 1. The number of aliphatic hydroxyl groups is 1. The summed E-state index contributed by atoms with van der Waals surface area (Å²) in [5.41, 5.74) is 1.53. The number of phenolic OH excluding ortho intramolecular Hbond substituents is 1. The Morgan fingerprint density at radius 3 is 2.62 bits per heavy atom. The molecule has 0 spiro atoms. The zero-order valence-electron chi connectivity index (χ0n) is 14.1. The van der Waals surface area contributed by atoms with Crippen LogP contribution in [0.25, 0.3) is 11.0 Å². The third-order valence-corrected chi connectivity index (χ3v) is 4.87. The standard InChI is InChI=1S/C17H24N4O3/c1-19-7-9-21(10-8-19)16(24)6-5-15-18-17-12(11-22)14(23)4-3-13(17)20(15)2/h3-4,11,16,23-24H,5-10H2,1-2H3. The fourth-order valence-corrected chi connectivity index (χ4v) is 3.22. The first-order valence-corrected chi connectivity index (χ1v) is 8.24. The van der Waals surface area contributed by atoms with Crippen molar-refractivity contribution in [3.8, 4) is 5.75 Å². The van der Waals surface area contributed by atoms with E-state index in [1.807, 2.05) is 11.6 Å². The molecule has 7 nitrogen and oxygen atoms in total. The van der Waals surface area contributed by atoms with Crippen LogP contribution in [0.4, 0.5) is 0 Å². The summed E-state index contributed by atoms with van der Waals surface area (Å²) in [7, 11) is 3.97. The fourth-order valence-electron chi connectivity index (χ4n) is 3.22. The molecule has 1 unspecified atom stereocenters. The van der Waals surface area contributed by atoms with E-state index in [4.69, 9.17) is 0 Å². The number of nitrogens with zero attached hydrogens (tertiary/aromatic N) is 4. The predicted molar refractivity (Wildman–Crippen MR) is 91.2 cm³/mol. The molecule has 1 aromatic carbocycles. The second kappa shape index (κ2) is 6.88. The largest absolute Gasteiger partial charge is 0.507 e. The van der Waals surface area contributed by atoms with Crippen LogP contribution >= 0.6 is 0 Å². The van der Waals surface area contributed by atoms with Gasteiger partial charge in [-0.1, -0.05) is 0 Å². The molecule has 3 rings (SSSR count). The zero-order valence-corrected chi connectivity index (χ0v) is 14.1. The SMILES string of the molecule is CN1CCN(C(O)CCc2nc3c(C=O)c(O)ccc3n2C)CC1. The molecule has 0 bridgehead atoms. The molecule has 0 radical (unpaired) electrons. The van der Waals surface area contributed by atoms with Crippen molar-refractivity contribution in [3.63, 3.8) is 0 Å². The summed E-state index contributed by atoms with van der Waals surface area (Å²) in [6.07, 6.45) is 1.34. The van der Waals surface area contributed by atoms with Crippen LogP contribution in [0.3, 0.4) is 0 Å². The topological polar surface area (TPSA) is 81.8 Å². The van der Waals surface area contributed by atoms with Gasteiger partial charge < -0.3 is 19.7 Å². The molecule has 1 aromatic heterocycles. The van der Waals surface area contributed by atoms with Gasteiger partial charge in [0.05, 0.1) is 11.1 Å². The number of aromatic hydroxyl groups is 1. The van der Waals surface area contributed by atoms with Gasteiger partial charge in [0.2, 0.25) is 0 Å². The van der Waals surface area contributed by atoms with E-state index in [0.717, 1.165) is 37.5 Å². The van der Waals surface area contributed by atoms with E-state index in [9.17, 15) is 15.0 Å². The van der Waals surface area contributed by atoms with E-state index in [2.05, 4.69) is 21.8 Å². The zero-order chi connectivity index (χ0) is 17.3. The summed E-state index contributed by atoms with van der Waals surface area (Å²) in [5, 5.41) is 20.2. The number of imidazole rings is 1. The fraction of sp³-hybridized carbons (Fsp3) is 0.529. The van der Waals surface area contributed by atoms with Crippen molar-refractivity contribution >= 4 is 17.3 Å². The Labute approximate surface area is 141 Å². The highest BCUT2D eigenvalue weighted by atomic mass is 16.3. The predicted octanol–water partition coefficient (Wildman–Crippen LogP) is 0.590. The molecule has 1 fully saturated rings. The molecule has 2 heterocycles. The first kappa shape index (κ1) is 16.9. The third kappa shape index (κ3) is 3.15. The molecular weight excluding hydrogens is 308 g/mol. The summed E-state index contributed by atoms with van der Waals surface area (Å²) in [6.45, 7) is 3.66. The number of aliphatic hydroxyl groups excluding tert-OH is 1. The minimum Gasteiger partial charge on any atom is -0.507 e. The smallest absolute Gasteiger partial charge is 0.156 e. The van der Waals surface area contributed by atoms with Gasteiger partial charge in [0.25, 0.3) is 0 Å². The summed E-state index contributed by atoms with van der Waals surface area (Å²) in [6, 6.07) is 3.27. The summed E-state index contributed by atoms with van der Waals surface area (Å²) in [5.74, 6) is 0.742. The maximum Gasteiger partial charge on any atom is 0.156 e. The lowest BCUT2D eigenvalue weighted by Gasteiger charge is -2.35. The first-order valence-electron chi connectivity index (χ1n) is 8.24. The number of aryl methyl sites for hydroxylation is 2. The molecule has 7 heteroatoms. The number of benzene rings is 1. The van der Waals surface area contributed by atoms with E-state index in [-0.39, 0.29) is 11.3 Å². The van der Waals surface area contributed by atoms with Gasteiger partial charge in [-0.3, -0.25) is 9.69 Å². The number of rotatable bonds is 5. The molecule has 0 saturated carbocycles. The quantitative estimate of drug-likeness (QED) is 0.780. The van der Waals surface area contributed by atoms with Gasteiger partial charge in [-0.2, -0.15) is 0 Å². The minimum absolute atomic E-state index is 0.0559. The molecule has 0 amide bonds. The minimum atomic E-state index is -0.488. The Morgan fingerprint density at radius 2 is 1.96 bits per heavy atom. The van der Waals surface area contributed by atoms with Crippen LogP contribution in [-0.2, 0) is 13.5 Å². The van der Waals surface area contributed by atoms with E-state index in [0.29, 0.717) is 24.6 Å². The van der Waals surface area contributed by atoms with Gasteiger partial charge in [0.1, 0.15) is 23.3 Å². The van der Waals surface area contributed by atoms with Crippen LogP contribution in [0.15, 0.2) is 12.1 Å². The second-order valence-electron chi connectivity index (χ2n) is 6.43. The molecule has 24 heavy (non-hydrogen) atoms. The van der Waals surface area contributed by atoms with Gasteiger partial charge in [-0.15, -0.1) is 0 Å². The van der Waals surface area contributed by atoms with Crippen molar-refractivity contribution in [1.82, 2.24) is 19.4 Å². The lowest BCUT2D eigenvalue weighted by molar-refractivity contribution is -0.0259. The van der Waals surface area contributed by atoms with Crippen molar-refractivity contribution in [3.05, 3.63) is 23.5 Å². The number of hydrogen-bond acceptors (Lipinski definition) is 6. The Morgan fingerprint density at radius 1 is 1.25 bits per heavy atom. The van der Waals surface area contributed by atoms with Gasteiger partial charge in [-0.05, 0) is 25.6 Å². The average Bonchev–Trinajstić information content (AvgIpc) is 2.89. The van der Waals surface area contributed by atoms with Gasteiger partial charge in [0.15, 0.2) is 6.29 Å². The first-order chi connectivity index (χ1) is 11.5. The normalized spacial score (nSPS) is 18.1. The maximum atomic E-state index is 11.2. The van der Waals surface area contributed by atoms with Crippen LogP contribution in [0.2, 0.25) is 0 Å². The van der Waals surface area contributed by atoms with Gasteiger partial charge >= 0.3 is 0 Å². The van der Waals surface area contributed by atoms with Crippen molar-refractivity contribution in [1.29, 1.82) is 0 Å². The van der Waals surface area contributed by atoms with E-state index in [1.54, 1.807) is 6.07 Å². The van der Waals surface area contributed by atoms with Crippen LogP contribution in [-0.4, -0.2) is 75.3 Å². The lowest BCUT2D eigenvalue weighted by Crippen LogP contribution is -2.49. The summed E-state index contributed by atoms with van der Waals surface area (Å²) in [4.78, 5) is 20.0. The van der Waals surface area contributed by atoms with Gasteiger partial charge in [-0.25, -0.2) is 4.98 Å². The number of piperazine rings is 1.